The summed E-state index contributed by atoms with van der Waals surface area (Å²) < 4.78 is 5.80. The third kappa shape index (κ3) is 5.18. The molecule has 0 bridgehead atoms. The summed E-state index contributed by atoms with van der Waals surface area (Å²) in [6.07, 6.45) is 6.85. The summed E-state index contributed by atoms with van der Waals surface area (Å²) in [7, 11) is 0. The predicted molar refractivity (Wildman–Crippen MR) is 132 cm³/mol. The Morgan fingerprint density at radius 1 is 1.00 bits per heavy atom. The molecule has 33 heavy (non-hydrogen) atoms. The minimum absolute atomic E-state index is 0.270. The van der Waals surface area contributed by atoms with E-state index in [1.165, 1.54) is 5.56 Å². The van der Waals surface area contributed by atoms with Crippen molar-refractivity contribution in [2.75, 3.05) is 17.2 Å². The minimum atomic E-state index is -0.270. The highest BCUT2D eigenvalue weighted by Gasteiger charge is 2.17. The lowest BCUT2D eigenvalue weighted by molar-refractivity contribution is 0.314. The highest BCUT2D eigenvalue weighted by molar-refractivity contribution is 5.78. The van der Waals surface area contributed by atoms with Crippen LogP contribution in [-0.2, 0) is 6.42 Å². The van der Waals surface area contributed by atoms with Gasteiger partial charge in [0, 0.05) is 18.0 Å². The molecular formula is C25H29N7O. The van der Waals surface area contributed by atoms with Gasteiger partial charge in [-0.1, -0.05) is 19.9 Å². The summed E-state index contributed by atoms with van der Waals surface area (Å²) in [6.45, 7) is 6.93. The SMILES string of the molecule is CCCOc1ccc(-c2cnc3c(c2)NC(N)N3)cc1CC.Cc1ncnc2cccnc12. The molecule has 0 fully saturated rings. The van der Waals surface area contributed by atoms with Crippen LogP contribution in [0.2, 0.25) is 0 Å². The minimum Gasteiger partial charge on any atom is -0.493 e. The number of rotatable bonds is 5. The van der Waals surface area contributed by atoms with Gasteiger partial charge in [-0.25, -0.2) is 15.0 Å². The van der Waals surface area contributed by atoms with Crippen LogP contribution in [-0.4, -0.2) is 32.8 Å². The topological polar surface area (TPSA) is 111 Å². The number of benzene rings is 1. The zero-order chi connectivity index (χ0) is 23.2. The van der Waals surface area contributed by atoms with Gasteiger partial charge in [0.05, 0.1) is 23.5 Å². The van der Waals surface area contributed by atoms with Gasteiger partial charge < -0.3 is 15.4 Å². The summed E-state index contributed by atoms with van der Waals surface area (Å²) in [5, 5.41) is 6.22. The molecule has 4 heterocycles. The fraction of sp³-hybridized carbons (Fsp3) is 0.280. The Hall–Kier alpha value is -3.78. The number of hydrogen-bond acceptors (Lipinski definition) is 8. The molecule has 1 aliphatic heterocycles. The number of nitrogens with two attached hydrogens (primary N) is 1. The van der Waals surface area contributed by atoms with Crippen LogP contribution in [0.5, 0.6) is 5.75 Å². The van der Waals surface area contributed by atoms with E-state index in [1.807, 2.05) is 25.3 Å². The second-order valence-electron chi connectivity index (χ2n) is 7.74. The number of anilines is 2. The third-order valence-corrected chi connectivity index (χ3v) is 5.30. The fourth-order valence-electron chi connectivity index (χ4n) is 3.61. The van der Waals surface area contributed by atoms with E-state index in [9.17, 15) is 0 Å². The molecule has 0 aliphatic carbocycles. The second kappa shape index (κ2) is 10.2. The first-order valence-electron chi connectivity index (χ1n) is 11.2. The van der Waals surface area contributed by atoms with Crippen LogP contribution >= 0.6 is 0 Å². The van der Waals surface area contributed by atoms with Crippen molar-refractivity contribution in [2.45, 2.75) is 39.9 Å². The summed E-state index contributed by atoms with van der Waals surface area (Å²) >= 11 is 0. The highest BCUT2D eigenvalue weighted by Crippen LogP contribution is 2.32. The Bertz CT molecular complexity index is 1240. The predicted octanol–water partition coefficient (Wildman–Crippen LogP) is 4.51. The monoisotopic (exact) mass is 443 g/mol. The van der Waals surface area contributed by atoms with Crippen molar-refractivity contribution in [3.63, 3.8) is 0 Å². The van der Waals surface area contributed by atoms with Crippen molar-refractivity contribution in [1.82, 2.24) is 19.9 Å². The summed E-state index contributed by atoms with van der Waals surface area (Å²) in [5.74, 6) is 1.78. The Morgan fingerprint density at radius 2 is 1.88 bits per heavy atom. The van der Waals surface area contributed by atoms with Gasteiger partial charge in [-0.15, -0.1) is 0 Å². The maximum Gasteiger partial charge on any atom is 0.152 e. The molecule has 0 radical (unpaired) electrons. The number of aryl methyl sites for hydroxylation is 2. The van der Waals surface area contributed by atoms with E-state index in [-0.39, 0.29) is 6.29 Å². The third-order valence-electron chi connectivity index (χ3n) is 5.30. The molecule has 0 spiro atoms. The molecule has 3 aromatic heterocycles. The molecule has 5 rings (SSSR count). The van der Waals surface area contributed by atoms with Gasteiger partial charge in [-0.2, -0.15) is 0 Å². The first-order valence-corrected chi connectivity index (χ1v) is 11.2. The molecule has 0 saturated heterocycles. The van der Waals surface area contributed by atoms with Gasteiger partial charge in [0.25, 0.3) is 0 Å². The summed E-state index contributed by atoms with van der Waals surface area (Å²) in [5.41, 5.74) is 12.9. The molecule has 1 unspecified atom stereocenters. The second-order valence-corrected chi connectivity index (χ2v) is 7.74. The fourth-order valence-corrected chi connectivity index (χ4v) is 3.61. The zero-order valence-corrected chi connectivity index (χ0v) is 19.2. The number of nitrogens with zero attached hydrogens (tertiary/aromatic N) is 4. The molecule has 170 valence electrons. The lowest BCUT2D eigenvalue weighted by Gasteiger charge is -2.12. The zero-order valence-electron chi connectivity index (χ0n) is 19.2. The molecule has 1 atom stereocenters. The van der Waals surface area contributed by atoms with Gasteiger partial charge in [-0.05, 0) is 61.2 Å². The molecule has 1 aliphatic rings. The van der Waals surface area contributed by atoms with Crippen molar-refractivity contribution in [2.24, 2.45) is 5.73 Å². The molecular weight excluding hydrogens is 414 g/mol. The largest absolute Gasteiger partial charge is 0.493 e. The van der Waals surface area contributed by atoms with E-state index >= 15 is 0 Å². The Morgan fingerprint density at radius 3 is 2.67 bits per heavy atom. The van der Waals surface area contributed by atoms with Gasteiger partial charge in [-0.3, -0.25) is 10.7 Å². The quantitative estimate of drug-likeness (QED) is 0.413. The van der Waals surface area contributed by atoms with Crippen LogP contribution in [0.15, 0.2) is 55.1 Å². The van der Waals surface area contributed by atoms with Gasteiger partial charge in [0.15, 0.2) is 12.1 Å². The average molecular weight is 444 g/mol. The van der Waals surface area contributed by atoms with Gasteiger partial charge >= 0.3 is 0 Å². The van der Waals surface area contributed by atoms with Crippen LogP contribution < -0.4 is 21.1 Å². The standard InChI is InChI=1S/C17H22N4O.C8H7N3/c1-3-7-22-15-6-5-12(8-11(15)4-2)13-9-14-16(19-10-13)21-17(18)20-14;1-6-8-7(11-5-10-6)3-2-4-9-8/h5-6,8-10,17,20H,3-4,7,18H2,1-2H3,(H,19,21);2-5H,1H3. The van der Waals surface area contributed by atoms with Crippen molar-refractivity contribution < 1.29 is 4.74 Å². The van der Waals surface area contributed by atoms with E-state index in [4.69, 9.17) is 10.5 Å². The van der Waals surface area contributed by atoms with E-state index in [2.05, 4.69) is 68.7 Å². The Kier molecular flexibility index (Phi) is 6.95. The molecule has 8 nitrogen and oxygen atoms in total. The molecule has 1 aromatic carbocycles. The smallest absolute Gasteiger partial charge is 0.152 e. The van der Waals surface area contributed by atoms with Crippen LogP contribution in [0.25, 0.3) is 22.2 Å². The molecule has 4 N–H and O–H groups in total. The lowest BCUT2D eigenvalue weighted by Crippen LogP contribution is -2.32. The van der Waals surface area contributed by atoms with Crippen molar-refractivity contribution in [1.29, 1.82) is 0 Å². The van der Waals surface area contributed by atoms with E-state index in [0.29, 0.717) is 0 Å². The first-order chi connectivity index (χ1) is 16.1. The van der Waals surface area contributed by atoms with E-state index in [0.717, 1.165) is 64.6 Å². The Balaban J connectivity index is 0.000000196. The number of pyridine rings is 2. The van der Waals surface area contributed by atoms with Gasteiger partial charge in [0.2, 0.25) is 0 Å². The van der Waals surface area contributed by atoms with E-state index in [1.54, 1.807) is 12.5 Å². The summed E-state index contributed by atoms with van der Waals surface area (Å²) in [4.78, 5) is 16.7. The van der Waals surface area contributed by atoms with Crippen molar-refractivity contribution in [3.8, 4) is 16.9 Å². The van der Waals surface area contributed by atoms with Crippen molar-refractivity contribution >= 4 is 22.5 Å². The number of fused-ring (bicyclic) bond motifs is 2. The highest BCUT2D eigenvalue weighted by atomic mass is 16.5. The Labute approximate surface area is 193 Å². The molecule has 8 heteroatoms. The van der Waals surface area contributed by atoms with Crippen molar-refractivity contribution in [3.05, 3.63) is 66.4 Å². The number of nitrogens with one attached hydrogen (secondary N) is 2. The lowest BCUT2D eigenvalue weighted by atomic mass is 10.0. The number of hydrogen-bond donors (Lipinski definition) is 3. The molecule has 0 amide bonds. The number of aromatic nitrogens is 4. The molecule has 4 aromatic rings. The number of ether oxygens (including phenoxy) is 1. The van der Waals surface area contributed by atoms with Crippen LogP contribution in [0.1, 0.15) is 31.5 Å². The van der Waals surface area contributed by atoms with Crippen LogP contribution in [0, 0.1) is 6.92 Å². The normalized spacial score (nSPS) is 14.0. The van der Waals surface area contributed by atoms with Crippen LogP contribution in [0.4, 0.5) is 11.5 Å². The van der Waals surface area contributed by atoms with Gasteiger partial charge in [0.1, 0.15) is 17.6 Å². The van der Waals surface area contributed by atoms with Crippen LogP contribution in [0.3, 0.4) is 0 Å². The summed E-state index contributed by atoms with van der Waals surface area (Å²) in [6, 6.07) is 12.2. The first kappa shape index (κ1) is 22.4. The average Bonchev–Trinajstić information content (AvgIpc) is 3.22. The maximum atomic E-state index is 5.81. The van der Waals surface area contributed by atoms with E-state index < -0.39 is 0 Å². The molecule has 0 saturated carbocycles. The maximum absolute atomic E-state index is 5.81.